The van der Waals surface area contributed by atoms with Gasteiger partial charge in [-0.25, -0.2) is 4.39 Å². The van der Waals surface area contributed by atoms with Gasteiger partial charge in [-0.1, -0.05) is 19.9 Å². The first-order valence-corrected chi connectivity index (χ1v) is 4.57. The lowest BCUT2D eigenvalue weighted by atomic mass is 10.2. The SMILES string of the molecule is Cc1ccc(NC(=O)C(C)C)cc1F. The molecule has 0 aromatic heterocycles. The number of carbonyl (C=O) groups is 1. The van der Waals surface area contributed by atoms with Crippen LogP contribution in [0.5, 0.6) is 0 Å². The average molecular weight is 195 g/mol. The molecule has 0 unspecified atom stereocenters. The van der Waals surface area contributed by atoms with Gasteiger partial charge in [-0.05, 0) is 24.6 Å². The van der Waals surface area contributed by atoms with Gasteiger partial charge in [0.2, 0.25) is 5.91 Å². The average Bonchev–Trinajstić information content (AvgIpc) is 2.11. The number of hydrogen-bond donors (Lipinski definition) is 1. The summed E-state index contributed by atoms with van der Waals surface area (Å²) in [5.41, 5.74) is 1.08. The Bertz CT molecular complexity index is 347. The number of anilines is 1. The van der Waals surface area contributed by atoms with Crippen LogP contribution in [-0.4, -0.2) is 5.91 Å². The smallest absolute Gasteiger partial charge is 0.226 e. The van der Waals surface area contributed by atoms with E-state index in [9.17, 15) is 9.18 Å². The van der Waals surface area contributed by atoms with Crippen molar-refractivity contribution < 1.29 is 9.18 Å². The second-order valence-electron chi connectivity index (χ2n) is 3.61. The van der Waals surface area contributed by atoms with E-state index in [1.165, 1.54) is 6.07 Å². The summed E-state index contributed by atoms with van der Waals surface area (Å²) < 4.78 is 13.1. The molecule has 0 spiro atoms. The lowest BCUT2D eigenvalue weighted by Crippen LogP contribution is -2.17. The Morgan fingerprint density at radius 2 is 2.07 bits per heavy atom. The predicted molar refractivity (Wildman–Crippen MR) is 54.6 cm³/mol. The summed E-state index contributed by atoms with van der Waals surface area (Å²) in [7, 11) is 0. The molecule has 1 aromatic carbocycles. The molecule has 0 saturated heterocycles. The molecule has 2 nitrogen and oxygen atoms in total. The number of carbonyl (C=O) groups excluding carboxylic acids is 1. The molecule has 76 valence electrons. The van der Waals surface area contributed by atoms with E-state index in [2.05, 4.69) is 5.32 Å². The highest BCUT2D eigenvalue weighted by atomic mass is 19.1. The molecule has 0 aliphatic rings. The van der Waals surface area contributed by atoms with Gasteiger partial charge in [0.15, 0.2) is 0 Å². The Morgan fingerprint density at radius 3 is 2.57 bits per heavy atom. The molecule has 0 aliphatic heterocycles. The van der Waals surface area contributed by atoms with Crippen molar-refractivity contribution in [2.75, 3.05) is 5.32 Å². The molecule has 0 aliphatic carbocycles. The summed E-state index contributed by atoms with van der Waals surface area (Å²) in [5.74, 6) is -0.501. The van der Waals surface area contributed by atoms with E-state index in [-0.39, 0.29) is 17.6 Å². The summed E-state index contributed by atoms with van der Waals surface area (Å²) in [6, 6.07) is 4.67. The number of hydrogen-bond acceptors (Lipinski definition) is 1. The molecular formula is C11H14FNO. The minimum atomic E-state index is -0.299. The zero-order valence-corrected chi connectivity index (χ0v) is 8.60. The van der Waals surface area contributed by atoms with Gasteiger partial charge < -0.3 is 5.32 Å². The highest BCUT2D eigenvalue weighted by Crippen LogP contribution is 2.14. The van der Waals surface area contributed by atoms with E-state index in [1.54, 1.807) is 32.9 Å². The molecule has 3 heteroatoms. The summed E-state index contributed by atoms with van der Waals surface area (Å²) in [6.07, 6.45) is 0. The molecule has 0 fully saturated rings. The third-order valence-corrected chi connectivity index (χ3v) is 1.96. The summed E-state index contributed by atoms with van der Waals surface area (Å²) in [5, 5.41) is 2.63. The normalized spacial score (nSPS) is 10.4. The molecule has 0 saturated carbocycles. The first kappa shape index (κ1) is 10.7. The van der Waals surface area contributed by atoms with Crippen LogP contribution in [0.1, 0.15) is 19.4 Å². The number of rotatable bonds is 2. The fourth-order valence-corrected chi connectivity index (χ4v) is 0.957. The topological polar surface area (TPSA) is 29.1 Å². The van der Waals surface area contributed by atoms with Gasteiger partial charge in [0.1, 0.15) is 5.82 Å². The van der Waals surface area contributed by atoms with Gasteiger partial charge in [-0.15, -0.1) is 0 Å². The van der Waals surface area contributed by atoms with Gasteiger partial charge in [0, 0.05) is 11.6 Å². The van der Waals surface area contributed by atoms with Gasteiger partial charge in [0.25, 0.3) is 0 Å². The standard InChI is InChI=1S/C11H14FNO/c1-7(2)11(14)13-9-5-4-8(3)10(12)6-9/h4-7H,1-3H3,(H,13,14). The Kier molecular flexibility index (Phi) is 3.23. The third-order valence-electron chi connectivity index (χ3n) is 1.96. The lowest BCUT2D eigenvalue weighted by Gasteiger charge is -2.08. The largest absolute Gasteiger partial charge is 0.326 e. The fraction of sp³-hybridized carbons (Fsp3) is 0.364. The molecule has 1 N–H and O–H groups in total. The zero-order chi connectivity index (χ0) is 10.7. The first-order chi connectivity index (χ1) is 6.50. The van der Waals surface area contributed by atoms with Crippen molar-refractivity contribution in [3.8, 4) is 0 Å². The number of benzene rings is 1. The van der Waals surface area contributed by atoms with Crippen LogP contribution in [0.2, 0.25) is 0 Å². The van der Waals surface area contributed by atoms with Crippen molar-refractivity contribution in [2.24, 2.45) is 5.92 Å². The zero-order valence-electron chi connectivity index (χ0n) is 8.60. The van der Waals surface area contributed by atoms with E-state index in [0.717, 1.165) is 0 Å². The van der Waals surface area contributed by atoms with Crippen molar-refractivity contribution in [3.05, 3.63) is 29.6 Å². The number of amides is 1. The maximum Gasteiger partial charge on any atom is 0.226 e. The van der Waals surface area contributed by atoms with Crippen LogP contribution in [0.15, 0.2) is 18.2 Å². The quantitative estimate of drug-likeness (QED) is 0.772. The molecule has 0 atom stereocenters. The molecule has 1 aromatic rings. The highest BCUT2D eigenvalue weighted by molar-refractivity contribution is 5.92. The van der Waals surface area contributed by atoms with Crippen LogP contribution >= 0.6 is 0 Å². The van der Waals surface area contributed by atoms with Crippen LogP contribution in [0.25, 0.3) is 0 Å². The summed E-state index contributed by atoms with van der Waals surface area (Å²) in [4.78, 5) is 11.3. The van der Waals surface area contributed by atoms with Crippen molar-refractivity contribution >= 4 is 11.6 Å². The van der Waals surface area contributed by atoms with Crippen LogP contribution in [-0.2, 0) is 4.79 Å². The molecule has 0 radical (unpaired) electrons. The van der Waals surface area contributed by atoms with E-state index in [1.807, 2.05) is 0 Å². The van der Waals surface area contributed by atoms with Gasteiger partial charge in [0.05, 0.1) is 0 Å². The molecular weight excluding hydrogens is 181 g/mol. The Labute approximate surface area is 83.1 Å². The van der Waals surface area contributed by atoms with Crippen molar-refractivity contribution in [1.29, 1.82) is 0 Å². The van der Waals surface area contributed by atoms with Crippen molar-refractivity contribution in [3.63, 3.8) is 0 Å². The minimum Gasteiger partial charge on any atom is -0.326 e. The van der Waals surface area contributed by atoms with E-state index in [4.69, 9.17) is 0 Å². The maximum atomic E-state index is 13.1. The minimum absolute atomic E-state index is 0.0978. The number of nitrogens with one attached hydrogen (secondary N) is 1. The molecule has 1 amide bonds. The summed E-state index contributed by atoms with van der Waals surface area (Å²) >= 11 is 0. The van der Waals surface area contributed by atoms with Crippen LogP contribution in [0.3, 0.4) is 0 Å². The number of aryl methyl sites for hydroxylation is 1. The second kappa shape index (κ2) is 4.22. The number of halogens is 1. The van der Waals surface area contributed by atoms with Gasteiger partial charge in [-0.2, -0.15) is 0 Å². The van der Waals surface area contributed by atoms with E-state index in [0.29, 0.717) is 11.3 Å². The Hall–Kier alpha value is -1.38. The molecule has 0 heterocycles. The van der Waals surface area contributed by atoms with Crippen LogP contribution < -0.4 is 5.32 Å². The van der Waals surface area contributed by atoms with E-state index >= 15 is 0 Å². The second-order valence-corrected chi connectivity index (χ2v) is 3.61. The molecule has 14 heavy (non-hydrogen) atoms. The fourth-order valence-electron chi connectivity index (χ4n) is 0.957. The molecule has 1 rings (SSSR count). The monoisotopic (exact) mass is 195 g/mol. The highest BCUT2D eigenvalue weighted by Gasteiger charge is 2.07. The van der Waals surface area contributed by atoms with Crippen molar-refractivity contribution in [2.45, 2.75) is 20.8 Å². The van der Waals surface area contributed by atoms with Crippen molar-refractivity contribution in [1.82, 2.24) is 0 Å². The molecule has 0 bridgehead atoms. The van der Waals surface area contributed by atoms with Crippen LogP contribution in [0.4, 0.5) is 10.1 Å². The van der Waals surface area contributed by atoms with Crippen LogP contribution in [0, 0.1) is 18.7 Å². The van der Waals surface area contributed by atoms with E-state index < -0.39 is 0 Å². The Balaban J connectivity index is 2.78. The summed E-state index contributed by atoms with van der Waals surface area (Å²) in [6.45, 7) is 5.27. The lowest BCUT2D eigenvalue weighted by molar-refractivity contribution is -0.118. The third kappa shape index (κ3) is 2.55. The Morgan fingerprint density at radius 1 is 1.43 bits per heavy atom. The first-order valence-electron chi connectivity index (χ1n) is 4.57. The maximum absolute atomic E-state index is 13.1. The predicted octanol–water partition coefficient (Wildman–Crippen LogP) is 2.73. The van der Waals surface area contributed by atoms with Gasteiger partial charge in [-0.3, -0.25) is 4.79 Å². The van der Waals surface area contributed by atoms with Gasteiger partial charge >= 0.3 is 0 Å².